The maximum absolute atomic E-state index is 13.3. The lowest BCUT2D eigenvalue weighted by Crippen LogP contribution is -2.22. The summed E-state index contributed by atoms with van der Waals surface area (Å²) in [4.78, 5) is 18.0. The molecule has 3 aromatic carbocycles. The topological polar surface area (TPSA) is 65.7 Å². The van der Waals surface area contributed by atoms with Gasteiger partial charge in [0.15, 0.2) is 11.5 Å². The summed E-state index contributed by atoms with van der Waals surface area (Å²) in [7, 11) is 1.61. The normalized spacial score (nSPS) is 11.3. The molecule has 6 nitrogen and oxygen atoms in total. The van der Waals surface area contributed by atoms with E-state index in [9.17, 15) is 4.79 Å². The van der Waals surface area contributed by atoms with E-state index < -0.39 is 0 Å². The third kappa shape index (κ3) is 5.98. The second kappa shape index (κ2) is 11.3. The molecule has 7 heteroatoms. The summed E-state index contributed by atoms with van der Waals surface area (Å²) in [5.74, 6) is 1.89. The van der Waals surface area contributed by atoms with Crippen LogP contribution in [-0.2, 0) is 13.0 Å². The van der Waals surface area contributed by atoms with Gasteiger partial charge in [0.1, 0.15) is 12.4 Å². The average molecular weight is 534 g/mol. The summed E-state index contributed by atoms with van der Waals surface area (Å²) in [5.41, 5.74) is 3.55. The highest BCUT2D eigenvalue weighted by molar-refractivity contribution is 9.10. The number of halogens is 1. The summed E-state index contributed by atoms with van der Waals surface area (Å²) in [5, 5.41) is 5.04. The summed E-state index contributed by atoms with van der Waals surface area (Å²) >= 11 is 3.44. The molecule has 0 unspecified atom stereocenters. The van der Waals surface area contributed by atoms with E-state index in [4.69, 9.17) is 14.5 Å². The van der Waals surface area contributed by atoms with E-state index in [0.29, 0.717) is 41.3 Å². The molecule has 0 aliphatic rings. The number of rotatable bonds is 9. The van der Waals surface area contributed by atoms with Crippen LogP contribution in [0.3, 0.4) is 0 Å². The zero-order chi connectivity index (χ0) is 24.8. The first-order chi connectivity index (χ1) is 17.0. The van der Waals surface area contributed by atoms with E-state index in [1.165, 1.54) is 10.2 Å². The summed E-state index contributed by atoms with van der Waals surface area (Å²) in [6.07, 6.45) is 4.24. The van der Waals surface area contributed by atoms with E-state index in [1.807, 2.05) is 42.5 Å². The Morgan fingerprint density at radius 1 is 1.09 bits per heavy atom. The lowest BCUT2D eigenvalue weighted by atomic mass is 10.1. The van der Waals surface area contributed by atoms with Crippen LogP contribution in [0.15, 0.2) is 75.0 Å². The molecule has 0 N–H and O–H groups in total. The van der Waals surface area contributed by atoms with E-state index in [1.54, 1.807) is 19.4 Å². The lowest BCUT2D eigenvalue weighted by Gasteiger charge is -2.12. The maximum atomic E-state index is 13.3. The Bertz CT molecular complexity index is 1430. The molecule has 0 amide bonds. The number of ether oxygens (including phenoxy) is 2. The minimum absolute atomic E-state index is 0.191. The molecular weight excluding hydrogens is 506 g/mol. The van der Waals surface area contributed by atoms with Gasteiger partial charge in [-0.05, 0) is 60.9 Å². The number of aryl methyl sites for hydroxylation is 2. The standard InChI is InChI=1S/C28H28BrN3O3/c1-4-5-9-27-31-24-12-11-22(29)16-23(24)28(33)32(27)30-17-20-10-13-25(26(15-20)34-3)35-18-21-8-6-7-19(2)14-21/h6-8,10-17H,4-5,9,18H2,1-3H3. The van der Waals surface area contributed by atoms with Crippen molar-refractivity contribution in [2.45, 2.75) is 39.7 Å². The molecule has 4 aromatic rings. The smallest absolute Gasteiger partial charge is 0.282 e. The van der Waals surface area contributed by atoms with Crippen molar-refractivity contribution in [2.24, 2.45) is 5.10 Å². The SMILES string of the molecule is CCCCc1nc2ccc(Br)cc2c(=O)n1N=Cc1ccc(OCc2cccc(C)c2)c(OC)c1. The van der Waals surface area contributed by atoms with Gasteiger partial charge >= 0.3 is 0 Å². The molecule has 0 saturated heterocycles. The average Bonchev–Trinajstić information content (AvgIpc) is 2.86. The van der Waals surface area contributed by atoms with E-state index in [-0.39, 0.29) is 5.56 Å². The Kier molecular flexibility index (Phi) is 7.98. The fraction of sp³-hybridized carbons (Fsp3) is 0.250. The number of hydrogen-bond donors (Lipinski definition) is 0. The highest BCUT2D eigenvalue weighted by Crippen LogP contribution is 2.28. The number of unbranched alkanes of at least 4 members (excludes halogenated alkanes) is 1. The number of methoxy groups -OCH3 is 1. The van der Waals surface area contributed by atoms with Gasteiger partial charge in [0.25, 0.3) is 5.56 Å². The van der Waals surface area contributed by atoms with Crippen LogP contribution in [0.4, 0.5) is 0 Å². The number of benzene rings is 3. The largest absolute Gasteiger partial charge is 0.493 e. The van der Waals surface area contributed by atoms with Crippen molar-refractivity contribution in [3.8, 4) is 11.5 Å². The molecule has 0 aliphatic carbocycles. The molecule has 0 fully saturated rings. The van der Waals surface area contributed by atoms with Crippen molar-refractivity contribution in [1.29, 1.82) is 0 Å². The molecule has 0 aliphatic heterocycles. The van der Waals surface area contributed by atoms with Crippen LogP contribution in [0.5, 0.6) is 11.5 Å². The minimum Gasteiger partial charge on any atom is -0.493 e. The maximum Gasteiger partial charge on any atom is 0.282 e. The van der Waals surface area contributed by atoms with Gasteiger partial charge in [0, 0.05) is 10.9 Å². The number of aromatic nitrogens is 2. The molecule has 1 aromatic heterocycles. The third-order valence-corrected chi connectivity index (χ3v) is 6.11. The van der Waals surface area contributed by atoms with Gasteiger partial charge in [-0.2, -0.15) is 9.78 Å². The van der Waals surface area contributed by atoms with E-state index >= 15 is 0 Å². The van der Waals surface area contributed by atoms with Crippen LogP contribution >= 0.6 is 15.9 Å². The van der Waals surface area contributed by atoms with Crippen LogP contribution in [-0.4, -0.2) is 23.0 Å². The van der Waals surface area contributed by atoms with Crippen molar-refractivity contribution in [1.82, 2.24) is 9.66 Å². The van der Waals surface area contributed by atoms with Crippen molar-refractivity contribution in [3.63, 3.8) is 0 Å². The molecule has 4 rings (SSSR count). The predicted molar refractivity (Wildman–Crippen MR) is 144 cm³/mol. The van der Waals surface area contributed by atoms with Gasteiger partial charge in [-0.15, -0.1) is 0 Å². The highest BCUT2D eigenvalue weighted by Gasteiger charge is 2.11. The molecule has 0 spiro atoms. The second-order valence-corrected chi connectivity index (χ2v) is 9.26. The highest BCUT2D eigenvalue weighted by atomic mass is 79.9. The molecule has 0 saturated carbocycles. The molecule has 180 valence electrons. The van der Waals surface area contributed by atoms with Crippen molar-refractivity contribution in [2.75, 3.05) is 7.11 Å². The molecule has 35 heavy (non-hydrogen) atoms. The first-order valence-electron chi connectivity index (χ1n) is 11.6. The minimum atomic E-state index is -0.191. The predicted octanol–water partition coefficient (Wildman–Crippen LogP) is 6.28. The quantitative estimate of drug-likeness (QED) is 0.237. The monoisotopic (exact) mass is 533 g/mol. The summed E-state index contributed by atoms with van der Waals surface area (Å²) in [6, 6.07) is 19.3. The van der Waals surface area contributed by atoms with Gasteiger partial charge in [-0.3, -0.25) is 4.79 Å². The zero-order valence-corrected chi connectivity index (χ0v) is 21.7. The second-order valence-electron chi connectivity index (χ2n) is 8.34. The van der Waals surface area contributed by atoms with E-state index in [2.05, 4.69) is 47.0 Å². The molecule has 0 atom stereocenters. The van der Waals surface area contributed by atoms with Gasteiger partial charge in [-0.1, -0.05) is 59.1 Å². The van der Waals surface area contributed by atoms with Crippen molar-refractivity contribution < 1.29 is 9.47 Å². The first kappa shape index (κ1) is 24.7. The van der Waals surface area contributed by atoms with Crippen molar-refractivity contribution in [3.05, 3.63) is 98.0 Å². The zero-order valence-electron chi connectivity index (χ0n) is 20.1. The van der Waals surface area contributed by atoms with Crippen LogP contribution in [0.2, 0.25) is 0 Å². The van der Waals surface area contributed by atoms with Gasteiger partial charge < -0.3 is 9.47 Å². The number of nitrogens with zero attached hydrogens (tertiary/aromatic N) is 3. The van der Waals surface area contributed by atoms with Crippen LogP contribution < -0.4 is 15.0 Å². The molecular formula is C28H28BrN3O3. The van der Waals surface area contributed by atoms with Gasteiger partial charge in [-0.25, -0.2) is 4.98 Å². The third-order valence-electron chi connectivity index (χ3n) is 5.62. The number of hydrogen-bond acceptors (Lipinski definition) is 5. The van der Waals surface area contributed by atoms with Crippen molar-refractivity contribution >= 4 is 33.0 Å². The van der Waals surface area contributed by atoms with Crippen LogP contribution in [0, 0.1) is 6.92 Å². The van der Waals surface area contributed by atoms with Gasteiger partial charge in [0.2, 0.25) is 0 Å². The summed E-state index contributed by atoms with van der Waals surface area (Å²) < 4.78 is 13.8. The van der Waals surface area contributed by atoms with E-state index in [0.717, 1.165) is 28.4 Å². The number of fused-ring (bicyclic) bond motifs is 1. The molecule has 0 radical (unpaired) electrons. The Morgan fingerprint density at radius 3 is 2.71 bits per heavy atom. The lowest BCUT2D eigenvalue weighted by molar-refractivity contribution is 0.284. The molecule has 1 heterocycles. The first-order valence-corrected chi connectivity index (χ1v) is 12.4. The fourth-order valence-electron chi connectivity index (χ4n) is 3.78. The van der Waals surface area contributed by atoms with Crippen LogP contribution in [0.1, 0.15) is 42.3 Å². The molecule has 0 bridgehead atoms. The Labute approximate surface area is 213 Å². The fourth-order valence-corrected chi connectivity index (χ4v) is 4.14. The van der Waals surface area contributed by atoms with Crippen LogP contribution in [0.25, 0.3) is 10.9 Å². The Balaban J connectivity index is 1.62. The Hall–Kier alpha value is -3.45. The summed E-state index contributed by atoms with van der Waals surface area (Å²) in [6.45, 7) is 4.61. The Morgan fingerprint density at radius 2 is 1.94 bits per heavy atom. The van der Waals surface area contributed by atoms with Gasteiger partial charge in [0.05, 0.1) is 24.2 Å².